The Kier molecular flexibility index (Phi) is 6.19. The molecule has 1 aliphatic rings. The van der Waals surface area contributed by atoms with E-state index >= 15 is 0 Å². The molecule has 0 aromatic rings. The van der Waals surface area contributed by atoms with Gasteiger partial charge in [-0.1, -0.05) is 30.0 Å². The van der Waals surface area contributed by atoms with Crippen molar-refractivity contribution >= 4 is 22.8 Å². The maximum absolute atomic E-state index is 11.9. The minimum absolute atomic E-state index is 0.0964. The Morgan fingerprint density at radius 2 is 2.28 bits per heavy atom. The Labute approximate surface area is 113 Å². The van der Waals surface area contributed by atoms with E-state index in [1.807, 2.05) is 13.0 Å². The van der Waals surface area contributed by atoms with Gasteiger partial charge in [-0.15, -0.1) is 0 Å². The average Bonchev–Trinajstić information content (AvgIpc) is 2.38. The molecule has 1 aliphatic carbocycles. The standard InChI is InChI=1S/C14H20O3S/c1-10(2)11-4-6-12(7-5-11)14(16)18-9-8-13(15)17-3/h6,11H,1,4-5,7-9H2,2-3H3/t11-/m1/s1. The number of hydrogen-bond donors (Lipinski definition) is 0. The normalized spacial score (nSPS) is 19.0. The van der Waals surface area contributed by atoms with Crippen LogP contribution in [-0.4, -0.2) is 23.9 Å². The number of rotatable bonds is 5. The summed E-state index contributed by atoms with van der Waals surface area (Å²) >= 11 is 1.21. The SMILES string of the molecule is C=C(C)[C@@H]1CC=C(C(=O)SCCC(=O)OC)CC1. The molecule has 0 bridgehead atoms. The van der Waals surface area contributed by atoms with Crippen LogP contribution in [0.5, 0.6) is 0 Å². The van der Waals surface area contributed by atoms with Gasteiger partial charge in [0.05, 0.1) is 13.5 Å². The fraction of sp³-hybridized carbons (Fsp3) is 0.571. The Bertz CT molecular complexity index is 371. The lowest BCUT2D eigenvalue weighted by Crippen LogP contribution is -2.11. The number of carbonyl (C=O) groups is 2. The molecule has 0 aliphatic heterocycles. The predicted molar refractivity (Wildman–Crippen MR) is 74.3 cm³/mol. The molecule has 0 aromatic carbocycles. The van der Waals surface area contributed by atoms with Gasteiger partial charge in [-0.2, -0.15) is 0 Å². The average molecular weight is 268 g/mol. The first-order valence-corrected chi connectivity index (χ1v) is 7.11. The maximum Gasteiger partial charge on any atom is 0.306 e. The molecule has 1 atom stereocenters. The zero-order valence-electron chi connectivity index (χ0n) is 11.0. The fourth-order valence-electron chi connectivity index (χ4n) is 1.89. The van der Waals surface area contributed by atoms with E-state index < -0.39 is 0 Å². The molecule has 0 radical (unpaired) electrons. The van der Waals surface area contributed by atoms with Crippen molar-refractivity contribution in [3.05, 3.63) is 23.8 Å². The van der Waals surface area contributed by atoms with Crippen molar-refractivity contribution in [1.82, 2.24) is 0 Å². The number of hydrogen-bond acceptors (Lipinski definition) is 4. The molecule has 0 amide bonds. The summed E-state index contributed by atoms with van der Waals surface area (Å²) in [6.07, 6.45) is 5.05. The molecule has 0 spiro atoms. The van der Waals surface area contributed by atoms with E-state index in [1.165, 1.54) is 24.4 Å². The molecule has 0 heterocycles. The second-order valence-corrected chi connectivity index (χ2v) is 5.58. The third kappa shape index (κ3) is 4.69. The van der Waals surface area contributed by atoms with E-state index in [-0.39, 0.29) is 17.5 Å². The molecular formula is C14H20O3S. The Hall–Kier alpha value is -1.03. The first-order chi connectivity index (χ1) is 8.54. The lowest BCUT2D eigenvalue weighted by Gasteiger charge is -2.21. The molecule has 0 fully saturated rings. The molecule has 0 unspecified atom stereocenters. The van der Waals surface area contributed by atoms with Crippen LogP contribution >= 0.6 is 11.8 Å². The minimum Gasteiger partial charge on any atom is -0.469 e. The quantitative estimate of drug-likeness (QED) is 0.567. The molecule has 0 N–H and O–H groups in total. The van der Waals surface area contributed by atoms with Crippen LogP contribution in [0.15, 0.2) is 23.8 Å². The van der Waals surface area contributed by atoms with Gasteiger partial charge in [0, 0.05) is 11.3 Å². The van der Waals surface area contributed by atoms with Gasteiger partial charge in [0.1, 0.15) is 0 Å². The van der Waals surface area contributed by atoms with E-state index in [0.29, 0.717) is 11.7 Å². The van der Waals surface area contributed by atoms with E-state index in [0.717, 1.165) is 24.8 Å². The summed E-state index contributed by atoms with van der Waals surface area (Å²) in [6.45, 7) is 5.99. The van der Waals surface area contributed by atoms with Crippen LogP contribution in [0, 0.1) is 5.92 Å². The van der Waals surface area contributed by atoms with Crippen LogP contribution in [0.1, 0.15) is 32.6 Å². The molecule has 3 nitrogen and oxygen atoms in total. The maximum atomic E-state index is 11.9. The van der Waals surface area contributed by atoms with Crippen molar-refractivity contribution in [2.75, 3.05) is 12.9 Å². The van der Waals surface area contributed by atoms with Crippen molar-refractivity contribution in [1.29, 1.82) is 0 Å². The van der Waals surface area contributed by atoms with Crippen molar-refractivity contribution in [3.8, 4) is 0 Å². The second-order valence-electron chi connectivity index (χ2n) is 4.51. The second kappa shape index (κ2) is 7.41. The number of ether oxygens (including phenoxy) is 1. The predicted octanol–water partition coefficient (Wildman–Crippen LogP) is 3.11. The summed E-state index contributed by atoms with van der Waals surface area (Å²) in [5.74, 6) is 0.740. The van der Waals surface area contributed by atoms with Gasteiger partial charge in [0.15, 0.2) is 0 Å². The molecule has 0 saturated carbocycles. The Balaban J connectivity index is 2.35. The van der Waals surface area contributed by atoms with Gasteiger partial charge >= 0.3 is 5.97 Å². The van der Waals surface area contributed by atoms with Crippen LogP contribution in [0.4, 0.5) is 0 Å². The van der Waals surface area contributed by atoms with Gasteiger partial charge in [-0.3, -0.25) is 9.59 Å². The van der Waals surface area contributed by atoms with E-state index in [1.54, 1.807) is 0 Å². The van der Waals surface area contributed by atoms with Crippen LogP contribution in [0.25, 0.3) is 0 Å². The van der Waals surface area contributed by atoms with Crippen LogP contribution in [0.3, 0.4) is 0 Å². The van der Waals surface area contributed by atoms with Crippen molar-refractivity contribution in [3.63, 3.8) is 0 Å². The molecule has 0 aromatic heterocycles. The highest BCUT2D eigenvalue weighted by Gasteiger charge is 2.19. The summed E-state index contributed by atoms with van der Waals surface area (Å²) in [7, 11) is 1.36. The smallest absolute Gasteiger partial charge is 0.306 e. The van der Waals surface area contributed by atoms with Gasteiger partial charge in [0.2, 0.25) is 5.12 Å². The minimum atomic E-state index is -0.268. The zero-order chi connectivity index (χ0) is 13.5. The number of carbonyl (C=O) groups excluding carboxylic acids is 2. The lowest BCUT2D eigenvalue weighted by molar-refractivity contribution is -0.140. The fourth-order valence-corrected chi connectivity index (χ4v) is 2.71. The van der Waals surface area contributed by atoms with E-state index in [9.17, 15) is 9.59 Å². The summed E-state index contributed by atoms with van der Waals surface area (Å²) in [5.41, 5.74) is 2.08. The first kappa shape index (κ1) is 15.0. The van der Waals surface area contributed by atoms with Gasteiger partial charge in [0.25, 0.3) is 0 Å². The number of allylic oxidation sites excluding steroid dienone is 2. The van der Waals surface area contributed by atoms with E-state index in [2.05, 4.69) is 11.3 Å². The monoisotopic (exact) mass is 268 g/mol. The molecule has 0 saturated heterocycles. The van der Waals surface area contributed by atoms with Gasteiger partial charge in [-0.05, 0) is 32.1 Å². The summed E-state index contributed by atoms with van der Waals surface area (Å²) in [5, 5.41) is 0.0964. The highest BCUT2D eigenvalue weighted by Crippen LogP contribution is 2.30. The lowest BCUT2D eigenvalue weighted by atomic mass is 9.86. The summed E-state index contributed by atoms with van der Waals surface area (Å²) in [6, 6.07) is 0. The first-order valence-electron chi connectivity index (χ1n) is 6.13. The van der Waals surface area contributed by atoms with Crippen molar-refractivity contribution in [2.24, 2.45) is 5.92 Å². The molecule has 4 heteroatoms. The number of methoxy groups -OCH3 is 1. The highest BCUT2D eigenvalue weighted by molar-refractivity contribution is 8.14. The molecule has 18 heavy (non-hydrogen) atoms. The topological polar surface area (TPSA) is 43.4 Å². The molecular weight excluding hydrogens is 248 g/mol. The summed E-state index contributed by atoms with van der Waals surface area (Å²) < 4.78 is 4.53. The van der Waals surface area contributed by atoms with Crippen LogP contribution < -0.4 is 0 Å². The van der Waals surface area contributed by atoms with Gasteiger partial charge < -0.3 is 4.74 Å². The Morgan fingerprint density at radius 1 is 1.56 bits per heavy atom. The largest absolute Gasteiger partial charge is 0.469 e. The third-order valence-corrected chi connectivity index (χ3v) is 4.07. The van der Waals surface area contributed by atoms with E-state index in [4.69, 9.17) is 0 Å². The molecule has 100 valence electrons. The molecule has 1 rings (SSSR count). The zero-order valence-corrected chi connectivity index (χ0v) is 11.8. The highest BCUT2D eigenvalue weighted by atomic mass is 32.2. The van der Waals surface area contributed by atoms with Gasteiger partial charge in [-0.25, -0.2) is 0 Å². The Morgan fingerprint density at radius 3 is 2.78 bits per heavy atom. The van der Waals surface area contributed by atoms with Crippen molar-refractivity contribution in [2.45, 2.75) is 32.6 Å². The van der Waals surface area contributed by atoms with Crippen molar-refractivity contribution < 1.29 is 14.3 Å². The van der Waals surface area contributed by atoms with Crippen LogP contribution in [0.2, 0.25) is 0 Å². The number of esters is 1. The summed E-state index contributed by atoms with van der Waals surface area (Å²) in [4.78, 5) is 22.8. The number of thioether (sulfide) groups is 1. The van der Waals surface area contributed by atoms with Crippen LogP contribution in [-0.2, 0) is 14.3 Å². The third-order valence-electron chi connectivity index (χ3n) is 3.14.